The molecule has 2 saturated heterocycles. The number of hydrogen-bond acceptors (Lipinski definition) is 6. The number of methoxy groups -OCH3 is 1. The van der Waals surface area contributed by atoms with E-state index < -0.39 is 0 Å². The topological polar surface area (TPSA) is 62.3 Å². The number of nitrogens with zero attached hydrogens (tertiary/aromatic N) is 3. The quantitative estimate of drug-likeness (QED) is 0.664. The van der Waals surface area contributed by atoms with Crippen LogP contribution in [0.4, 0.5) is 0 Å². The number of imide groups is 1. The lowest BCUT2D eigenvalue weighted by atomic mass is 9.97. The second kappa shape index (κ2) is 9.18. The number of hydrogen-bond donors (Lipinski definition) is 0. The van der Waals surface area contributed by atoms with Gasteiger partial charge in [-0.2, -0.15) is 0 Å². The Hall–Kier alpha value is -2.38. The molecule has 0 saturated carbocycles. The minimum atomic E-state index is -0.188. The number of rotatable bonds is 6. The van der Waals surface area contributed by atoms with Gasteiger partial charge >= 0.3 is 0 Å². The van der Waals surface area contributed by atoms with Gasteiger partial charge in [-0.1, -0.05) is 19.1 Å². The second-order valence-electron chi connectivity index (χ2n) is 8.34. The Balaban J connectivity index is 1.60. The third kappa shape index (κ3) is 4.23. The molecule has 0 unspecified atom stereocenters. The molecule has 7 nitrogen and oxygen atoms in total. The summed E-state index contributed by atoms with van der Waals surface area (Å²) in [7, 11) is 1.62. The monoisotopic (exact) mass is 413 g/mol. The summed E-state index contributed by atoms with van der Waals surface area (Å²) in [5.74, 6) is 1.03. The van der Waals surface area contributed by atoms with Crippen molar-refractivity contribution in [1.29, 1.82) is 0 Å². The van der Waals surface area contributed by atoms with E-state index in [2.05, 4.69) is 16.7 Å². The highest BCUT2D eigenvalue weighted by Crippen LogP contribution is 2.34. The lowest BCUT2D eigenvalue weighted by molar-refractivity contribution is -0.138. The van der Waals surface area contributed by atoms with Crippen molar-refractivity contribution in [2.45, 2.75) is 19.8 Å². The van der Waals surface area contributed by atoms with Gasteiger partial charge in [0.1, 0.15) is 11.4 Å². The van der Waals surface area contributed by atoms with Gasteiger partial charge in [0.05, 0.1) is 25.9 Å². The number of ether oxygens (including phenoxy) is 2. The molecule has 162 valence electrons. The zero-order valence-corrected chi connectivity index (χ0v) is 17.9. The SMILES string of the molecule is COc1ccc(C2=C(N3CCC(C)CC3)C(=O)N(CCN3CCOCC3)C2=O)cc1. The average Bonchev–Trinajstić information content (AvgIpc) is 3.03. The first-order valence-electron chi connectivity index (χ1n) is 10.9. The predicted molar refractivity (Wildman–Crippen MR) is 114 cm³/mol. The molecular formula is C23H31N3O4. The fourth-order valence-electron chi connectivity index (χ4n) is 4.38. The van der Waals surface area contributed by atoms with Crippen molar-refractivity contribution in [3.05, 3.63) is 35.5 Å². The van der Waals surface area contributed by atoms with Gasteiger partial charge in [-0.15, -0.1) is 0 Å². The molecular weight excluding hydrogens is 382 g/mol. The number of carbonyl (C=O) groups is 2. The third-order valence-electron chi connectivity index (χ3n) is 6.37. The van der Waals surface area contributed by atoms with Crippen LogP contribution in [-0.4, -0.2) is 86.1 Å². The Morgan fingerprint density at radius 1 is 0.967 bits per heavy atom. The molecule has 0 radical (unpaired) electrons. The summed E-state index contributed by atoms with van der Waals surface area (Å²) in [5, 5.41) is 0. The predicted octanol–water partition coefficient (Wildman–Crippen LogP) is 1.84. The van der Waals surface area contributed by atoms with E-state index in [0.717, 1.165) is 50.3 Å². The number of morpholine rings is 1. The van der Waals surface area contributed by atoms with E-state index >= 15 is 0 Å². The molecule has 0 aliphatic carbocycles. The van der Waals surface area contributed by atoms with Crippen LogP contribution in [0, 0.1) is 5.92 Å². The third-order valence-corrected chi connectivity index (χ3v) is 6.37. The van der Waals surface area contributed by atoms with Crippen LogP contribution in [0.15, 0.2) is 30.0 Å². The highest BCUT2D eigenvalue weighted by Gasteiger charge is 2.42. The summed E-state index contributed by atoms with van der Waals surface area (Å²) < 4.78 is 10.7. The molecule has 1 aromatic carbocycles. The van der Waals surface area contributed by atoms with E-state index in [0.29, 0.717) is 43.5 Å². The van der Waals surface area contributed by atoms with Crippen molar-refractivity contribution in [3.8, 4) is 5.75 Å². The van der Waals surface area contributed by atoms with E-state index in [1.54, 1.807) is 7.11 Å². The van der Waals surface area contributed by atoms with Crippen LogP contribution in [0.1, 0.15) is 25.3 Å². The standard InChI is InChI=1S/C23H31N3O4/c1-17-7-9-25(10-8-17)21-20(18-3-5-19(29-2)6-4-18)22(27)26(23(21)28)12-11-24-13-15-30-16-14-24/h3-6,17H,7-16H2,1-2H3. The van der Waals surface area contributed by atoms with E-state index in [1.807, 2.05) is 24.3 Å². The van der Waals surface area contributed by atoms with Crippen LogP contribution in [0.25, 0.3) is 5.57 Å². The Kier molecular flexibility index (Phi) is 6.39. The molecule has 3 aliphatic heterocycles. The molecule has 2 fully saturated rings. The highest BCUT2D eigenvalue weighted by atomic mass is 16.5. The number of amides is 2. The van der Waals surface area contributed by atoms with Crippen LogP contribution < -0.4 is 4.74 Å². The maximum absolute atomic E-state index is 13.4. The van der Waals surface area contributed by atoms with Crippen molar-refractivity contribution in [2.75, 3.05) is 59.6 Å². The molecule has 0 aromatic heterocycles. The largest absolute Gasteiger partial charge is 0.497 e. The van der Waals surface area contributed by atoms with Crippen molar-refractivity contribution >= 4 is 17.4 Å². The minimum Gasteiger partial charge on any atom is -0.497 e. The number of likely N-dealkylation sites (tertiary alicyclic amines) is 1. The smallest absolute Gasteiger partial charge is 0.277 e. The number of carbonyl (C=O) groups excluding carboxylic acids is 2. The van der Waals surface area contributed by atoms with Gasteiger partial charge in [0.2, 0.25) is 0 Å². The molecule has 3 aliphatic rings. The molecule has 1 aromatic rings. The lowest BCUT2D eigenvalue weighted by Gasteiger charge is -2.33. The molecule has 0 N–H and O–H groups in total. The molecule has 30 heavy (non-hydrogen) atoms. The van der Waals surface area contributed by atoms with E-state index in [1.165, 1.54) is 4.90 Å². The first-order valence-corrected chi connectivity index (χ1v) is 10.9. The molecule has 4 rings (SSSR count). The Bertz CT molecular complexity index is 806. The lowest BCUT2D eigenvalue weighted by Crippen LogP contribution is -2.44. The Labute approximate surface area is 178 Å². The van der Waals surface area contributed by atoms with Gasteiger partial charge in [-0.05, 0) is 36.5 Å². The average molecular weight is 414 g/mol. The van der Waals surface area contributed by atoms with Crippen LogP contribution >= 0.6 is 0 Å². The summed E-state index contributed by atoms with van der Waals surface area (Å²) >= 11 is 0. The summed E-state index contributed by atoms with van der Waals surface area (Å²) in [5.41, 5.74) is 1.87. The molecule has 2 amide bonds. The zero-order valence-electron chi connectivity index (χ0n) is 17.9. The van der Waals surface area contributed by atoms with Crippen molar-refractivity contribution in [2.24, 2.45) is 5.92 Å². The molecule has 3 heterocycles. The summed E-state index contributed by atoms with van der Waals surface area (Å²) in [6.45, 7) is 8.04. The van der Waals surface area contributed by atoms with E-state index in [4.69, 9.17) is 9.47 Å². The number of benzene rings is 1. The molecule has 0 atom stereocenters. The van der Waals surface area contributed by atoms with Crippen LogP contribution in [-0.2, 0) is 14.3 Å². The van der Waals surface area contributed by atoms with Crippen molar-refractivity contribution < 1.29 is 19.1 Å². The Morgan fingerprint density at radius 3 is 2.27 bits per heavy atom. The highest BCUT2D eigenvalue weighted by molar-refractivity contribution is 6.35. The fraction of sp³-hybridized carbons (Fsp3) is 0.565. The van der Waals surface area contributed by atoms with Gasteiger partial charge in [0.15, 0.2) is 0 Å². The van der Waals surface area contributed by atoms with E-state index in [-0.39, 0.29) is 11.8 Å². The summed E-state index contributed by atoms with van der Waals surface area (Å²) in [6.07, 6.45) is 2.07. The maximum Gasteiger partial charge on any atom is 0.277 e. The van der Waals surface area contributed by atoms with Crippen molar-refractivity contribution in [3.63, 3.8) is 0 Å². The van der Waals surface area contributed by atoms with Crippen molar-refractivity contribution in [1.82, 2.24) is 14.7 Å². The second-order valence-corrected chi connectivity index (χ2v) is 8.34. The Morgan fingerprint density at radius 2 is 1.63 bits per heavy atom. The van der Waals surface area contributed by atoms with Gasteiger partial charge in [-0.3, -0.25) is 19.4 Å². The number of piperidine rings is 1. The minimum absolute atomic E-state index is 0.159. The van der Waals surface area contributed by atoms with Crippen LogP contribution in [0.2, 0.25) is 0 Å². The molecule has 0 bridgehead atoms. The summed E-state index contributed by atoms with van der Waals surface area (Å²) in [6, 6.07) is 7.42. The first-order chi connectivity index (χ1) is 14.6. The van der Waals surface area contributed by atoms with Crippen LogP contribution in [0.5, 0.6) is 5.75 Å². The maximum atomic E-state index is 13.4. The summed E-state index contributed by atoms with van der Waals surface area (Å²) in [4.78, 5) is 32.6. The van der Waals surface area contributed by atoms with Crippen LogP contribution in [0.3, 0.4) is 0 Å². The fourth-order valence-corrected chi connectivity index (χ4v) is 4.38. The molecule has 0 spiro atoms. The van der Waals surface area contributed by atoms with Gasteiger partial charge < -0.3 is 14.4 Å². The molecule has 7 heteroatoms. The van der Waals surface area contributed by atoms with Gasteiger partial charge in [0.25, 0.3) is 11.8 Å². The van der Waals surface area contributed by atoms with Gasteiger partial charge in [-0.25, -0.2) is 0 Å². The van der Waals surface area contributed by atoms with E-state index in [9.17, 15) is 9.59 Å². The zero-order chi connectivity index (χ0) is 21.1. The van der Waals surface area contributed by atoms with Gasteiger partial charge in [0, 0.05) is 39.3 Å². The normalized spacial score (nSPS) is 21.7. The first kappa shape index (κ1) is 20.9.